The smallest absolute Gasteiger partial charge is 0.223 e. The number of methoxy groups -OCH3 is 1. The van der Waals surface area contributed by atoms with Gasteiger partial charge in [-0.1, -0.05) is 18.6 Å². The van der Waals surface area contributed by atoms with Gasteiger partial charge in [-0.25, -0.2) is 0 Å². The second-order valence-electron chi connectivity index (χ2n) is 5.35. The first-order valence-electron chi connectivity index (χ1n) is 7.50. The molecule has 1 aliphatic carbocycles. The first-order valence-corrected chi connectivity index (χ1v) is 7.50. The Hall–Kier alpha value is -1.46. The summed E-state index contributed by atoms with van der Waals surface area (Å²) in [7, 11) is 1.60. The lowest BCUT2D eigenvalue weighted by Crippen LogP contribution is -2.40. The van der Waals surface area contributed by atoms with Gasteiger partial charge in [-0.2, -0.15) is 0 Å². The van der Waals surface area contributed by atoms with Gasteiger partial charge in [0.05, 0.1) is 20.1 Å². The third-order valence-corrected chi connectivity index (χ3v) is 3.96. The van der Waals surface area contributed by atoms with Crippen LogP contribution < -0.4 is 20.5 Å². The minimum atomic E-state index is 0. The highest BCUT2D eigenvalue weighted by Crippen LogP contribution is 2.26. The van der Waals surface area contributed by atoms with Gasteiger partial charge < -0.3 is 20.5 Å². The topological polar surface area (TPSA) is 73.6 Å². The molecule has 1 amide bonds. The van der Waals surface area contributed by atoms with E-state index in [1.807, 2.05) is 24.3 Å². The molecule has 124 valence electrons. The summed E-state index contributed by atoms with van der Waals surface area (Å²) in [6.45, 7) is 0.981. The summed E-state index contributed by atoms with van der Waals surface area (Å²) >= 11 is 0. The summed E-state index contributed by atoms with van der Waals surface area (Å²) in [4.78, 5) is 11.9. The van der Waals surface area contributed by atoms with Crippen LogP contribution in [0.5, 0.6) is 11.5 Å². The Bertz CT molecular complexity index is 470. The van der Waals surface area contributed by atoms with Crippen molar-refractivity contribution >= 4 is 18.3 Å². The lowest BCUT2D eigenvalue weighted by molar-refractivity contribution is -0.122. The highest BCUT2D eigenvalue weighted by Gasteiger charge is 2.27. The van der Waals surface area contributed by atoms with Crippen molar-refractivity contribution in [1.29, 1.82) is 0 Å². The van der Waals surface area contributed by atoms with E-state index in [0.29, 0.717) is 37.0 Å². The summed E-state index contributed by atoms with van der Waals surface area (Å²) < 4.78 is 10.8. The second kappa shape index (κ2) is 9.54. The average molecular weight is 329 g/mol. The zero-order valence-electron chi connectivity index (χ0n) is 12.9. The first-order chi connectivity index (χ1) is 10.2. The Kier molecular flexibility index (Phi) is 8.06. The minimum Gasteiger partial charge on any atom is -0.493 e. The Labute approximate surface area is 138 Å². The van der Waals surface area contributed by atoms with Gasteiger partial charge in [-0.3, -0.25) is 4.79 Å². The van der Waals surface area contributed by atoms with Crippen molar-refractivity contribution in [1.82, 2.24) is 5.32 Å². The van der Waals surface area contributed by atoms with Gasteiger partial charge in [-0.15, -0.1) is 12.4 Å². The molecule has 0 heterocycles. The van der Waals surface area contributed by atoms with Crippen molar-refractivity contribution in [3.05, 3.63) is 24.3 Å². The second-order valence-corrected chi connectivity index (χ2v) is 5.35. The predicted octanol–water partition coefficient (Wildman–Crippen LogP) is 2.13. The summed E-state index contributed by atoms with van der Waals surface area (Å²) in [6, 6.07) is 7.65. The van der Waals surface area contributed by atoms with Crippen molar-refractivity contribution in [2.24, 2.45) is 11.7 Å². The molecule has 2 unspecified atom stereocenters. The Balaban J connectivity index is 0.00000242. The summed E-state index contributed by atoms with van der Waals surface area (Å²) in [5.74, 6) is 1.78. The van der Waals surface area contributed by atoms with Crippen LogP contribution in [-0.4, -0.2) is 32.2 Å². The number of nitrogens with two attached hydrogens (primary N) is 1. The molecule has 5 nitrogen and oxygen atoms in total. The molecule has 6 heteroatoms. The molecular weight excluding hydrogens is 304 g/mol. The summed E-state index contributed by atoms with van der Waals surface area (Å²) in [6.07, 6.45) is 3.62. The van der Waals surface area contributed by atoms with E-state index >= 15 is 0 Å². The summed E-state index contributed by atoms with van der Waals surface area (Å²) in [5, 5.41) is 3.06. The maximum absolute atomic E-state index is 11.9. The first kappa shape index (κ1) is 18.6. The number of carbonyl (C=O) groups excluding carboxylic acids is 1. The van der Waals surface area contributed by atoms with Gasteiger partial charge in [0.25, 0.3) is 0 Å². The van der Waals surface area contributed by atoms with Gasteiger partial charge >= 0.3 is 0 Å². The van der Waals surface area contributed by atoms with Crippen LogP contribution >= 0.6 is 12.4 Å². The zero-order chi connectivity index (χ0) is 15.1. The normalized spacial score (nSPS) is 20.1. The highest BCUT2D eigenvalue weighted by atomic mass is 35.5. The van der Waals surface area contributed by atoms with Crippen LogP contribution in [-0.2, 0) is 4.79 Å². The van der Waals surface area contributed by atoms with Gasteiger partial charge in [0, 0.05) is 6.04 Å². The fourth-order valence-electron chi connectivity index (χ4n) is 2.78. The quantitative estimate of drug-likeness (QED) is 0.804. The van der Waals surface area contributed by atoms with Crippen LogP contribution in [0.4, 0.5) is 0 Å². The molecule has 0 radical (unpaired) electrons. The van der Waals surface area contributed by atoms with Gasteiger partial charge in [0.1, 0.15) is 0 Å². The Morgan fingerprint density at radius 2 is 2.05 bits per heavy atom. The average Bonchev–Trinajstić information content (AvgIpc) is 2.94. The number of para-hydroxylation sites is 2. The third kappa shape index (κ3) is 5.07. The molecule has 1 aromatic carbocycles. The Morgan fingerprint density at radius 1 is 1.32 bits per heavy atom. The molecule has 1 aliphatic rings. The molecule has 0 aromatic heterocycles. The number of hydrogen-bond donors (Lipinski definition) is 2. The third-order valence-electron chi connectivity index (χ3n) is 3.96. The minimum absolute atomic E-state index is 0. The maximum Gasteiger partial charge on any atom is 0.223 e. The van der Waals surface area contributed by atoms with Gasteiger partial charge in [0.2, 0.25) is 5.91 Å². The van der Waals surface area contributed by atoms with Crippen molar-refractivity contribution in [3.63, 3.8) is 0 Å². The Morgan fingerprint density at radius 3 is 2.73 bits per heavy atom. The molecule has 22 heavy (non-hydrogen) atoms. The fraction of sp³-hybridized carbons (Fsp3) is 0.562. The molecule has 2 atom stereocenters. The molecule has 0 aliphatic heterocycles. The van der Waals surface area contributed by atoms with Crippen LogP contribution in [0.3, 0.4) is 0 Å². The van der Waals surface area contributed by atoms with Crippen molar-refractivity contribution in [2.45, 2.75) is 31.7 Å². The van der Waals surface area contributed by atoms with E-state index in [1.54, 1.807) is 7.11 Å². The lowest BCUT2D eigenvalue weighted by atomic mass is 10.0. The number of nitrogens with one attached hydrogen (secondary N) is 1. The molecule has 0 saturated heterocycles. The number of amides is 1. The van der Waals surface area contributed by atoms with E-state index in [1.165, 1.54) is 0 Å². The molecule has 0 bridgehead atoms. The SMILES string of the molecule is COc1ccccc1OCCC(=O)NC1CCCC1CN.Cl. The van der Waals surface area contributed by atoms with Crippen LogP contribution in [0.15, 0.2) is 24.3 Å². The highest BCUT2D eigenvalue weighted by molar-refractivity contribution is 5.85. The summed E-state index contributed by atoms with van der Waals surface area (Å²) in [5.41, 5.74) is 5.72. The van der Waals surface area contributed by atoms with Gasteiger partial charge in [-0.05, 0) is 37.4 Å². The van der Waals surface area contributed by atoms with E-state index in [4.69, 9.17) is 15.2 Å². The van der Waals surface area contributed by atoms with Crippen molar-refractivity contribution in [2.75, 3.05) is 20.3 Å². The van der Waals surface area contributed by atoms with Crippen molar-refractivity contribution < 1.29 is 14.3 Å². The number of ether oxygens (including phenoxy) is 2. The standard InChI is InChI=1S/C16H24N2O3.ClH/c1-20-14-7-2-3-8-15(14)21-10-9-16(19)18-13-6-4-5-12(13)11-17;/h2-3,7-8,12-13H,4-6,9-11,17H2,1H3,(H,18,19);1H. The maximum atomic E-state index is 11.9. The number of benzene rings is 1. The number of halogens is 1. The van der Waals surface area contributed by atoms with E-state index in [-0.39, 0.29) is 24.4 Å². The van der Waals surface area contributed by atoms with E-state index in [9.17, 15) is 4.79 Å². The van der Waals surface area contributed by atoms with Crippen molar-refractivity contribution in [3.8, 4) is 11.5 Å². The van der Waals surface area contributed by atoms with E-state index < -0.39 is 0 Å². The van der Waals surface area contributed by atoms with Crippen LogP contribution in [0, 0.1) is 5.92 Å². The monoisotopic (exact) mass is 328 g/mol. The zero-order valence-corrected chi connectivity index (χ0v) is 13.7. The molecule has 0 spiro atoms. The van der Waals surface area contributed by atoms with Gasteiger partial charge in [0.15, 0.2) is 11.5 Å². The number of hydrogen-bond acceptors (Lipinski definition) is 4. The lowest BCUT2D eigenvalue weighted by Gasteiger charge is -2.19. The molecule has 3 N–H and O–H groups in total. The van der Waals surface area contributed by atoms with E-state index in [0.717, 1.165) is 19.3 Å². The van der Waals surface area contributed by atoms with Crippen LogP contribution in [0.25, 0.3) is 0 Å². The molecule has 1 fully saturated rings. The number of carbonyl (C=O) groups is 1. The largest absolute Gasteiger partial charge is 0.493 e. The van der Waals surface area contributed by atoms with Crippen LogP contribution in [0.1, 0.15) is 25.7 Å². The predicted molar refractivity (Wildman–Crippen MR) is 88.7 cm³/mol. The number of rotatable bonds is 7. The fourth-order valence-corrected chi connectivity index (χ4v) is 2.78. The van der Waals surface area contributed by atoms with E-state index in [2.05, 4.69) is 5.32 Å². The molecular formula is C16H25ClN2O3. The molecule has 1 saturated carbocycles. The van der Waals surface area contributed by atoms with Crippen LogP contribution in [0.2, 0.25) is 0 Å². The molecule has 1 aromatic rings. The molecule has 2 rings (SSSR count).